The first-order chi connectivity index (χ1) is 24.0. The van der Waals surface area contributed by atoms with Gasteiger partial charge in [-0.1, -0.05) is 97.1 Å². The van der Waals surface area contributed by atoms with Crippen LogP contribution in [0.4, 0.5) is 0 Å². The van der Waals surface area contributed by atoms with Gasteiger partial charge in [-0.3, -0.25) is 0 Å². The minimum Gasteiger partial charge on any atom is -0.461 e. The average molecular weight is 661 g/mol. The van der Waals surface area contributed by atoms with Crippen LogP contribution in [-0.4, -0.2) is 54.4 Å². The smallest absolute Gasteiger partial charge is 0.343 e. The molecule has 1 fully saturated rings. The number of carbonyl (C=O) groups is 2. The summed E-state index contributed by atoms with van der Waals surface area (Å²) in [6.07, 6.45) is -5.59. The number of carbonyl (C=O) groups excluding carboxylic acids is 2. The lowest BCUT2D eigenvalue weighted by Gasteiger charge is -2.43. The standard InChI is InChI=1S/C40H36O9/c41-35-34(27-44-25-28-13-5-1-6-14-28)48-40(47-33-23-21-32(22-24-33)46-38(42)30-17-9-3-10-18-30)37(49-39(43)31-19-11-4-12-20-31)36(35)45-26-29-15-7-2-8-16-29/h1-24,34-37,40-41H,25-27H2/t34-,35+,36+,37-,40-/m1/s1. The van der Waals surface area contributed by atoms with E-state index in [1.165, 1.54) is 0 Å². The molecule has 250 valence electrons. The third kappa shape index (κ3) is 9.19. The van der Waals surface area contributed by atoms with E-state index in [2.05, 4.69) is 0 Å². The average Bonchev–Trinajstić information content (AvgIpc) is 3.15. The summed E-state index contributed by atoms with van der Waals surface area (Å²) in [7, 11) is 0. The van der Waals surface area contributed by atoms with Gasteiger partial charge in [-0.05, 0) is 59.7 Å². The number of rotatable bonds is 13. The molecular weight excluding hydrogens is 624 g/mol. The molecule has 0 radical (unpaired) electrons. The highest BCUT2D eigenvalue weighted by Crippen LogP contribution is 2.31. The zero-order valence-electron chi connectivity index (χ0n) is 26.6. The zero-order chi connectivity index (χ0) is 33.8. The molecule has 0 bridgehead atoms. The van der Waals surface area contributed by atoms with Gasteiger partial charge in [0.25, 0.3) is 0 Å². The number of aliphatic hydroxyl groups is 1. The van der Waals surface area contributed by atoms with Crippen LogP contribution in [0.25, 0.3) is 0 Å². The number of esters is 2. The summed E-state index contributed by atoms with van der Waals surface area (Å²) in [5, 5.41) is 11.6. The summed E-state index contributed by atoms with van der Waals surface area (Å²) < 4.78 is 36.3. The lowest BCUT2D eigenvalue weighted by atomic mass is 9.98. The van der Waals surface area contributed by atoms with Crippen molar-refractivity contribution in [2.45, 2.75) is 43.9 Å². The summed E-state index contributed by atoms with van der Waals surface area (Å²) in [5.41, 5.74) is 2.56. The first-order valence-corrected chi connectivity index (χ1v) is 15.9. The number of ether oxygens (including phenoxy) is 6. The zero-order valence-corrected chi connectivity index (χ0v) is 26.6. The van der Waals surface area contributed by atoms with E-state index in [4.69, 9.17) is 28.4 Å². The molecule has 9 heteroatoms. The summed E-state index contributed by atoms with van der Waals surface area (Å²) in [6.45, 7) is 0.437. The van der Waals surface area contributed by atoms with Gasteiger partial charge < -0.3 is 33.5 Å². The molecule has 1 saturated heterocycles. The normalized spacial score (nSPS) is 20.2. The Balaban J connectivity index is 1.24. The van der Waals surface area contributed by atoms with Crippen LogP contribution < -0.4 is 9.47 Å². The molecule has 5 atom stereocenters. The van der Waals surface area contributed by atoms with E-state index >= 15 is 0 Å². The van der Waals surface area contributed by atoms with Crippen LogP contribution in [0.5, 0.6) is 11.5 Å². The van der Waals surface area contributed by atoms with Crippen molar-refractivity contribution in [3.63, 3.8) is 0 Å². The second kappa shape index (κ2) is 16.7. The summed E-state index contributed by atoms with van der Waals surface area (Å²) in [6, 6.07) is 42.7. The lowest BCUT2D eigenvalue weighted by molar-refractivity contribution is -0.289. The van der Waals surface area contributed by atoms with Crippen LogP contribution in [0.1, 0.15) is 31.8 Å². The third-order valence-electron chi connectivity index (χ3n) is 7.85. The van der Waals surface area contributed by atoms with E-state index in [1.54, 1.807) is 78.9 Å². The van der Waals surface area contributed by atoms with Crippen molar-refractivity contribution in [2.75, 3.05) is 6.61 Å². The number of hydrogen-bond donors (Lipinski definition) is 1. The van der Waals surface area contributed by atoms with Gasteiger partial charge in [0.15, 0.2) is 6.10 Å². The first kappa shape index (κ1) is 33.6. The van der Waals surface area contributed by atoms with E-state index in [9.17, 15) is 14.7 Å². The molecule has 0 amide bonds. The van der Waals surface area contributed by atoms with Gasteiger partial charge in [-0.15, -0.1) is 0 Å². The molecule has 9 nitrogen and oxygen atoms in total. The van der Waals surface area contributed by atoms with Crippen molar-refractivity contribution in [2.24, 2.45) is 0 Å². The predicted octanol–water partition coefficient (Wildman–Crippen LogP) is 6.40. The van der Waals surface area contributed by atoms with Crippen molar-refractivity contribution in [3.05, 3.63) is 168 Å². The van der Waals surface area contributed by atoms with E-state index in [0.29, 0.717) is 29.2 Å². The first-order valence-electron chi connectivity index (χ1n) is 15.9. The van der Waals surface area contributed by atoms with Gasteiger partial charge in [0.05, 0.1) is 30.9 Å². The van der Waals surface area contributed by atoms with Crippen LogP contribution in [0, 0.1) is 0 Å². The molecule has 6 rings (SSSR count). The quantitative estimate of drug-likeness (QED) is 0.113. The maximum atomic E-state index is 13.4. The van der Waals surface area contributed by atoms with Gasteiger partial charge in [-0.2, -0.15) is 0 Å². The second-order valence-electron chi connectivity index (χ2n) is 11.4. The Bertz CT molecular complexity index is 1750. The maximum Gasteiger partial charge on any atom is 0.343 e. The highest BCUT2D eigenvalue weighted by Gasteiger charge is 2.50. The Kier molecular flexibility index (Phi) is 11.4. The summed E-state index contributed by atoms with van der Waals surface area (Å²) in [5.74, 6) is -0.481. The molecule has 1 N–H and O–H groups in total. The van der Waals surface area contributed by atoms with Crippen LogP contribution in [0.3, 0.4) is 0 Å². The molecule has 0 unspecified atom stereocenters. The van der Waals surface area contributed by atoms with E-state index in [1.807, 2.05) is 66.7 Å². The molecular formula is C40H36O9. The van der Waals surface area contributed by atoms with Crippen molar-refractivity contribution < 1.29 is 43.1 Å². The van der Waals surface area contributed by atoms with E-state index in [0.717, 1.165) is 11.1 Å². The highest BCUT2D eigenvalue weighted by atomic mass is 16.7. The fourth-order valence-electron chi connectivity index (χ4n) is 5.30. The van der Waals surface area contributed by atoms with Crippen molar-refractivity contribution in [1.82, 2.24) is 0 Å². The predicted molar refractivity (Wildman–Crippen MR) is 180 cm³/mol. The molecule has 1 aliphatic heterocycles. The molecule has 5 aromatic rings. The lowest BCUT2D eigenvalue weighted by Crippen LogP contribution is -2.62. The molecule has 1 heterocycles. The van der Waals surface area contributed by atoms with E-state index in [-0.39, 0.29) is 13.2 Å². The fourth-order valence-corrected chi connectivity index (χ4v) is 5.30. The van der Waals surface area contributed by atoms with Crippen LogP contribution in [-0.2, 0) is 32.2 Å². The van der Waals surface area contributed by atoms with Gasteiger partial charge in [-0.25, -0.2) is 9.59 Å². The third-order valence-corrected chi connectivity index (χ3v) is 7.85. The molecule has 0 spiro atoms. The molecule has 0 aliphatic carbocycles. The number of aliphatic hydroxyl groups excluding tert-OH is 1. The Hall–Kier alpha value is -5.32. The number of hydrogen-bond acceptors (Lipinski definition) is 9. The van der Waals surface area contributed by atoms with Crippen LogP contribution in [0.15, 0.2) is 146 Å². The monoisotopic (exact) mass is 660 g/mol. The highest BCUT2D eigenvalue weighted by molar-refractivity contribution is 5.91. The Morgan fingerprint density at radius 2 is 1.10 bits per heavy atom. The van der Waals surface area contributed by atoms with Crippen LogP contribution in [0.2, 0.25) is 0 Å². The van der Waals surface area contributed by atoms with Crippen molar-refractivity contribution >= 4 is 11.9 Å². The Morgan fingerprint density at radius 1 is 0.592 bits per heavy atom. The molecule has 1 aliphatic rings. The fraction of sp³-hybridized carbons (Fsp3) is 0.200. The van der Waals surface area contributed by atoms with Gasteiger partial charge in [0.1, 0.15) is 29.8 Å². The minimum absolute atomic E-state index is 0.00877. The van der Waals surface area contributed by atoms with Gasteiger partial charge >= 0.3 is 11.9 Å². The summed E-state index contributed by atoms with van der Waals surface area (Å²) in [4.78, 5) is 25.9. The van der Waals surface area contributed by atoms with Crippen LogP contribution >= 0.6 is 0 Å². The second-order valence-corrected chi connectivity index (χ2v) is 11.4. The van der Waals surface area contributed by atoms with Gasteiger partial charge in [0, 0.05) is 0 Å². The molecule has 0 aromatic heterocycles. The van der Waals surface area contributed by atoms with E-state index < -0.39 is 42.6 Å². The topological polar surface area (TPSA) is 110 Å². The summed E-state index contributed by atoms with van der Waals surface area (Å²) >= 11 is 0. The number of benzene rings is 5. The van der Waals surface area contributed by atoms with Crippen molar-refractivity contribution in [1.29, 1.82) is 0 Å². The molecule has 0 saturated carbocycles. The SMILES string of the molecule is O=C(Oc1ccc(O[C@@H]2O[C@H](COCc3ccccc3)[C@H](O)[C@H](OCc3ccccc3)[C@H]2OC(=O)c2ccccc2)cc1)c1ccccc1. The molecule has 5 aromatic carbocycles. The maximum absolute atomic E-state index is 13.4. The largest absolute Gasteiger partial charge is 0.461 e. The Morgan fingerprint density at radius 3 is 1.69 bits per heavy atom. The van der Waals surface area contributed by atoms with Gasteiger partial charge in [0.2, 0.25) is 6.29 Å². The minimum atomic E-state index is -1.24. The molecule has 49 heavy (non-hydrogen) atoms. The van der Waals surface area contributed by atoms with Crippen molar-refractivity contribution in [3.8, 4) is 11.5 Å². The Labute approximate surface area is 284 Å².